The first-order chi connectivity index (χ1) is 12.2. The van der Waals surface area contributed by atoms with Gasteiger partial charge in [0.15, 0.2) is 5.69 Å². The van der Waals surface area contributed by atoms with Crippen LogP contribution in [0.2, 0.25) is 0 Å². The first-order valence-corrected chi connectivity index (χ1v) is 9.06. The number of aryl methyl sites for hydroxylation is 1. The van der Waals surface area contributed by atoms with Crippen molar-refractivity contribution in [2.24, 2.45) is 5.92 Å². The summed E-state index contributed by atoms with van der Waals surface area (Å²) in [6.07, 6.45) is 3.94. The third-order valence-electron chi connectivity index (χ3n) is 4.63. The first kappa shape index (κ1) is 17.6. The molecule has 0 radical (unpaired) electrons. The molecular formula is C19H25N3O3. The zero-order valence-electron chi connectivity index (χ0n) is 14.7. The van der Waals surface area contributed by atoms with Crippen molar-refractivity contribution in [1.29, 1.82) is 0 Å². The summed E-state index contributed by atoms with van der Waals surface area (Å²) in [6.45, 7) is 4.66. The molecule has 3 rings (SSSR count). The molecular weight excluding hydrogens is 318 g/mol. The highest BCUT2D eigenvalue weighted by Gasteiger charge is 2.20. The number of benzene rings is 1. The SMILES string of the molecule is CCCCCn1nc(C(=O)NC[C@@H]2CCOC2)c2ccccc2c1=O. The molecule has 0 bridgehead atoms. The van der Waals surface area contributed by atoms with Gasteiger partial charge in [0.25, 0.3) is 11.5 Å². The summed E-state index contributed by atoms with van der Waals surface area (Å²) in [7, 11) is 0. The zero-order valence-corrected chi connectivity index (χ0v) is 14.7. The molecule has 1 fully saturated rings. The molecule has 1 saturated heterocycles. The van der Waals surface area contributed by atoms with E-state index >= 15 is 0 Å². The van der Waals surface area contributed by atoms with Gasteiger partial charge in [-0.25, -0.2) is 4.68 Å². The number of hydrogen-bond acceptors (Lipinski definition) is 4. The Morgan fingerprint density at radius 2 is 2.12 bits per heavy atom. The average molecular weight is 343 g/mol. The molecule has 6 nitrogen and oxygen atoms in total. The van der Waals surface area contributed by atoms with Crippen molar-refractivity contribution < 1.29 is 9.53 Å². The standard InChI is InChI=1S/C19H25N3O3/c1-2-3-6-10-22-19(24)16-8-5-4-7-15(16)17(21-22)18(23)20-12-14-9-11-25-13-14/h4-5,7-8,14H,2-3,6,9-13H2,1H3,(H,20,23)/t14-/m0/s1. The van der Waals surface area contributed by atoms with Gasteiger partial charge in [-0.15, -0.1) is 0 Å². The van der Waals surface area contributed by atoms with Crippen LogP contribution in [0.5, 0.6) is 0 Å². The fourth-order valence-corrected chi connectivity index (χ4v) is 3.13. The number of nitrogens with one attached hydrogen (secondary N) is 1. The second-order valence-electron chi connectivity index (χ2n) is 6.57. The highest BCUT2D eigenvalue weighted by atomic mass is 16.5. The zero-order chi connectivity index (χ0) is 17.6. The fraction of sp³-hybridized carbons (Fsp3) is 0.526. The van der Waals surface area contributed by atoms with E-state index < -0.39 is 0 Å². The summed E-state index contributed by atoms with van der Waals surface area (Å²) in [5.41, 5.74) is 0.193. The highest BCUT2D eigenvalue weighted by Crippen LogP contribution is 2.15. The first-order valence-electron chi connectivity index (χ1n) is 9.06. The minimum Gasteiger partial charge on any atom is -0.381 e. The van der Waals surface area contributed by atoms with Crippen molar-refractivity contribution in [3.8, 4) is 0 Å². The number of rotatable bonds is 7. The van der Waals surface area contributed by atoms with Gasteiger partial charge in [0.05, 0.1) is 12.0 Å². The summed E-state index contributed by atoms with van der Waals surface area (Å²) in [4.78, 5) is 25.3. The van der Waals surface area contributed by atoms with Crippen LogP contribution in [0.4, 0.5) is 0 Å². The van der Waals surface area contributed by atoms with Crippen LogP contribution < -0.4 is 10.9 Å². The molecule has 0 aliphatic carbocycles. The molecule has 6 heteroatoms. The number of ether oxygens (including phenoxy) is 1. The Labute approximate surface area is 147 Å². The Morgan fingerprint density at radius 3 is 2.84 bits per heavy atom. The van der Waals surface area contributed by atoms with E-state index in [0.29, 0.717) is 42.1 Å². The molecule has 1 aromatic carbocycles. The molecule has 2 aromatic rings. The third kappa shape index (κ3) is 4.07. The molecule has 1 N–H and O–H groups in total. The summed E-state index contributed by atoms with van der Waals surface area (Å²) >= 11 is 0. The molecule has 0 spiro atoms. The van der Waals surface area contributed by atoms with Gasteiger partial charge < -0.3 is 10.1 Å². The van der Waals surface area contributed by atoms with Crippen LogP contribution in [0.1, 0.15) is 43.1 Å². The van der Waals surface area contributed by atoms with Crippen LogP contribution in [0.25, 0.3) is 10.8 Å². The second kappa shape index (κ2) is 8.25. The summed E-state index contributed by atoms with van der Waals surface area (Å²) in [5.74, 6) is 0.123. The van der Waals surface area contributed by atoms with E-state index in [1.54, 1.807) is 12.1 Å². The Hall–Kier alpha value is -2.21. The van der Waals surface area contributed by atoms with Crippen LogP contribution in [0.3, 0.4) is 0 Å². The molecule has 0 saturated carbocycles. The molecule has 1 amide bonds. The number of unbranched alkanes of at least 4 members (excludes halogenated alkanes) is 2. The van der Waals surface area contributed by atoms with Crippen LogP contribution >= 0.6 is 0 Å². The number of carbonyl (C=O) groups is 1. The van der Waals surface area contributed by atoms with Crippen LogP contribution in [0.15, 0.2) is 29.1 Å². The van der Waals surface area contributed by atoms with E-state index in [0.717, 1.165) is 32.3 Å². The normalized spacial score (nSPS) is 17.1. The number of carbonyl (C=O) groups excluding carboxylic acids is 1. The average Bonchev–Trinajstić information content (AvgIpc) is 3.15. The van der Waals surface area contributed by atoms with Gasteiger partial charge in [0.1, 0.15) is 0 Å². The number of hydrogen-bond donors (Lipinski definition) is 1. The van der Waals surface area contributed by atoms with Gasteiger partial charge in [-0.05, 0) is 18.9 Å². The van der Waals surface area contributed by atoms with Gasteiger partial charge in [-0.1, -0.05) is 38.0 Å². The van der Waals surface area contributed by atoms with E-state index in [4.69, 9.17) is 4.74 Å². The van der Waals surface area contributed by atoms with Crippen LogP contribution in [0, 0.1) is 5.92 Å². The molecule has 1 atom stereocenters. The Morgan fingerprint density at radius 1 is 1.32 bits per heavy atom. The van der Waals surface area contributed by atoms with Gasteiger partial charge in [0.2, 0.25) is 0 Å². The van der Waals surface area contributed by atoms with E-state index in [9.17, 15) is 9.59 Å². The Balaban J connectivity index is 1.87. The van der Waals surface area contributed by atoms with Gasteiger partial charge in [-0.2, -0.15) is 5.10 Å². The quantitative estimate of drug-likeness (QED) is 0.783. The lowest BCUT2D eigenvalue weighted by molar-refractivity contribution is 0.0939. The third-order valence-corrected chi connectivity index (χ3v) is 4.63. The largest absolute Gasteiger partial charge is 0.381 e. The lowest BCUT2D eigenvalue weighted by atomic mass is 10.1. The Bertz CT molecular complexity index is 794. The van der Waals surface area contributed by atoms with Gasteiger partial charge in [0, 0.05) is 31.0 Å². The molecule has 25 heavy (non-hydrogen) atoms. The maximum Gasteiger partial charge on any atom is 0.274 e. The summed E-state index contributed by atoms with van der Waals surface area (Å²) < 4.78 is 6.78. The monoisotopic (exact) mass is 343 g/mol. The minimum absolute atomic E-state index is 0.132. The van der Waals surface area contributed by atoms with Gasteiger partial charge >= 0.3 is 0 Å². The lowest BCUT2D eigenvalue weighted by Gasteiger charge is -2.13. The maximum absolute atomic E-state index is 12.7. The fourth-order valence-electron chi connectivity index (χ4n) is 3.13. The number of aromatic nitrogens is 2. The van der Waals surface area contributed by atoms with Crippen molar-refractivity contribution in [2.75, 3.05) is 19.8 Å². The number of amides is 1. The molecule has 1 aliphatic heterocycles. The molecule has 134 valence electrons. The van der Waals surface area contributed by atoms with Crippen molar-refractivity contribution in [3.05, 3.63) is 40.3 Å². The molecule has 0 unspecified atom stereocenters. The van der Waals surface area contributed by atoms with Crippen LogP contribution in [-0.4, -0.2) is 35.4 Å². The Kier molecular flexibility index (Phi) is 5.81. The van der Waals surface area contributed by atoms with Crippen molar-refractivity contribution in [2.45, 2.75) is 39.2 Å². The van der Waals surface area contributed by atoms with Crippen molar-refractivity contribution in [3.63, 3.8) is 0 Å². The van der Waals surface area contributed by atoms with E-state index in [-0.39, 0.29) is 11.5 Å². The van der Waals surface area contributed by atoms with Crippen molar-refractivity contribution >= 4 is 16.7 Å². The number of fused-ring (bicyclic) bond motifs is 1. The highest BCUT2D eigenvalue weighted by molar-refractivity contribution is 6.04. The summed E-state index contributed by atoms with van der Waals surface area (Å²) in [5, 5.41) is 8.48. The van der Waals surface area contributed by atoms with Crippen LogP contribution in [-0.2, 0) is 11.3 Å². The molecule has 1 aromatic heterocycles. The van der Waals surface area contributed by atoms with Gasteiger partial charge in [-0.3, -0.25) is 9.59 Å². The van der Waals surface area contributed by atoms with Crippen molar-refractivity contribution in [1.82, 2.24) is 15.1 Å². The molecule has 1 aliphatic rings. The summed E-state index contributed by atoms with van der Waals surface area (Å²) in [6, 6.07) is 7.19. The number of nitrogens with zero attached hydrogens (tertiary/aromatic N) is 2. The minimum atomic E-state index is -0.229. The lowest BCUT2D eigenvalue weighted by Crippen LogP contribution is -2.33. The molecule has 2 heterocycles. The predicted octanol–water partition coefficient (Wildman–Crippen LogP) is 2.35. The maximum atomic E-state index is 12.7. The second-order valence-corrected chi connectivity index (χ2v) is 6.57. The smallest absolute Gasteiger partial charge is 0.274 e. The van der Waals surface area contributed by atoms with E-state index in [2.05, 4.69) is 17.3 Å². The topological polar surface area (TPSA) is 73.2 Å². The predicted molar refractivity (Wildman–Crippen MR) is 96.8 cm³/mol. The van der Waals surface area contributed by atoms with E-state index in [1.807, 2.05) is 12.1 Å². The van der Waals surface area contributed by atoms with E-state index in [1.165, 1.54) is 4.68 Å².